The van der Waals surface area contributed by atoms with Crippen molar-refractivity contribution in [3.8, 4) is 0 Å². The number of amides is 1. The third kappa shape index (κ3) is 4.43. The van der Waals surface area contributed by atoms with Gasteiger partial charge in [-0.2, -0.15) is 0 Å². The Morgan fingerprint density at radius 3 is 2.67 bits per heavy atom. The van der Waals surface area contributed by atoms with E-state index in [1.807, 2.05) is 35.7 Å². The largest absolute Gasteiger partial charge is 0.388 e. The van der Waals surface area contributed by atoms with Gasteiger partial charge in [0.2, 0.25) is 0 Å². The fourth-order valence-corrected chi connectivity index (χ4v) is 4.65. The molecule has 0 aliphatic carbocycles. The number of benzene rings is 2. The highest BCUT2D eigenvalue weighted by molar-refractivity contribution is 7.09. The van der Waals surface area contributed by atoms with Crippen molar-refractivity contribution in [2.75, 3.05) is 6.54 Å². The third-order valence-electron chi connectivity index (χ3n) is 5.64. The molecule has 0 bridgehead atoms. The van der Waals surface area contributed by atoms with Crippen molar-refractivity contribution in [3.05, 3.63) is 88.1 Å². The van der Waals surface area contributed by atoms with Crippen LogP contribution in [0.3, 0.4) is 0 Å². The van der Waals surface area contributed by atoms with E-state index < -0.39 is 17.5 Å². The number of nitrogens with one attached hydrogen (secondary N) is 1. The Kier molecular flexibility index (Phi) is 5.94. The van der Waals surface area contributed by atoms with Gasteiger partial charge < -0.3 is 10.4 Å². The molecule has 0 saturated carbocycles. The molecule has 2 aromatic carbocycles. The molecule has 1 aliphatic heterocycles. The van der Waals surface area contributed by atoms with Crippen LogP contribution in [0.1, 0.15) is 40.3 Å². The van der Waals surface area contributed by atoms with Gasteiger partial charge in [0, 0.05) is 23.7 Å². The average Bonchev–Trinajstić information content (AvgIpc) is 3.25. The maximum Gasteiger partial charge on any atom is 0.251 e. The Labute approximate surface area is 179 Å². The molecule has 1 amide bonds. The molecular formula is C23H24FN3O2S. The van der Waals surface area contributed by atoms with E-state index >= 15 is 0 Å². The number of likely N-dealkylation sites (tertiary alicyclic amines) is 1. The minimum absolute atomic E-state index is 0.233. The zero-order chi connectivity index (χ0) is 21.1. The maximum atomic E-state index is 13.3. The smallest absolute Gasteiger partial charge is 0.251 e. The van der Waals surface area contributed by atoms with Gasteiger partial charge in [-0.1, -0.05) is 30.3 Å². The van der Waals surface area contributed by atoms with Crippen LogP contribution in [0.2, 0.25) is 0 Å². The molecule has 1 aliphatic rings. The second-order valence-electron chi connectivity index (χ2n) is 7.82. The minimum Gasteiger partial charge on any atom is -0.388 e. The molecule has 0 radical (unpaired) electrons. The van der Waals surface area contributed by atoms with Crippen LogP contribution in [-0.4, -0.2) is 39.1 Å². The number of halogens is 1. The summed E-state index contributed by atoms with van der Waals surface area (Å²) in [7, 11) is 0. The lowest BCUT2D eigenvalue weighted by Crippen LogP contribution is -2.62. The van der Waals surface area contributed by atoms with Gasteiger partial charge in [0.1, 0.15) is 10.8 Å². The highest BCUT2D eigenvalue weighted by Gasteiger charge is 2.46. The van der Waals surface area contributed by atoms with Crippen molar-refractivity contribution >= 4 is 17.2 Å². The number of hydrogen-bond donors (Lipinski definition) is 2. The zero-order valence-corrected chi connectivity index (χ0v) is 17.5. The van der Waals surface area contributed by atoms with Gasteiger partial charge in [-0.3, -0.25) is 9.69 Å². The number of hydrogen-bond acceptors (Lipinski definition) is 5. The Hall–Kier alpha value is -2.61. The molecule has 4 rings (SSSR count). The van der Waals surface area contributed by atoms with Gasteiger partial charge >= 0.3 is 0 Å². The summed E-state index contributed by atoms with van der Waals surface area (Å²) in [6.45, 7) is 3.07. The Morgan fingerprint density at radius 2 is 2.00 bits per heavy atom. The summed E-state index contributed by atoms with van der Waals surface area (Å²) in [5, 5.41) is 17.2. The van der Waals surface area contributed by atoms with Crippen LogP contribution in [0, 0.1) is 5.82 Å². The first-order chi connectivity index (χ1) is 14.4. The van der Waals surface area contributed by atoms with Crippen LogP contribution in [0.5, 0.6) is 0 Å². The lowest BCUT2D eigenvalue weighted by atomic mass is 9.79. The molecule has 1 aromatic heterocycles. The first-order valence-electron chi connectivity index (χ1n) is 9.90. The summed E-state index contributed by atoms with van der Waals surface area (Å²) in [5.74, 6) is -0.731. The minimum atomic E-state index is -1.10. The number of rotatable bonds is 5. The first-order valence-corrected chi connectivity index (χ1v) is 10.8. The molecule has 156 valence electrons. The van der Waals surface area contributed by atoms with Gasteiger partial charge in [-0.05, 0) is 43.2 Å². The maximum absolute atomic E-state index is 13.3. The highest BCUT2D eigenvalue weighted by Crippen LogP contribution is 2.38. The van der Waals surface area contributed by atoms with Crippen molar-refractivity contribution in [1.29, 1.82) is 0 Å². The lowest BCUT2D eigenvalue weighted by Gasteiger charge is -2.49. The van der Waals surface area contributed by atoms with Crippen molar-refractivity contribution in [2.45, 2.75) is 37.6 Å². The summed E-state index contributed by atoms with van der Waals surface area (Å²) in [4.78, 5) is 19.6. The number of carbonyl (C=O) groups excluding carboxylic acids is 1. The quantitative estimate of drug-likeness (QED) is 0.653. The van der Waals surface area contributed by atoms with E-state index in [1.165, 1.54) is 24.3 Å². The van der Waals surface area contributed by atoms with E-state index in [0.717, 1.165) is 10.6 Å². The summed E-state index contributed by atoms with van der Waals surface area (Å²) >= 11 is 1.59. The van der Waals surface area contributed by atoms with Gasteiger partial charge in [-0.25, -0.2) is 9.37 Å². The van der Waals surface area contributed by atoms with Crippen molar-refractivity contribution in [3.63, 3.8) is 0 Å². The molecule has 5 nitrogen and oxygen atoms in total. The third-order valence-corrected chi connectivity index (χ3v) is 6.40. The number of thiazole rings is 1. The molecule has 0 unspecified atom stereocenters. The monoisotopic (exact) mass is 425 g/mol. The SMILES string of the molecule is C[C@@]1(O)CCN(Cc2nccs2)[C@@H](c2ccccc2)[C@@H]1NC(=O)c1ccc(F)cc1. The standard InChI is InChI=1S/C23H24FN3O2S/c1-23(29)11-13-27(15-19-25-12-14-30-19)20(16-5-3-2-4-6-16)21(23)26-22(28)17-7-9-18(24)10-8-17/h2-10,12,14,20-21,29H,11,13,15H2,1H3,(H,26,28)/t20-,21-,23+/m0/s1. The average molecular weight is 426 g/mol. The van der Waals surface area contributed by atoms with E-state index in [0.29, 0.717) is 25.1 Å². The van der Waals surface area contributed by atoms with E-state index in [4.69, 9.17) is 0 Å². The van der Waals surface area contributed by atoms with Gasteiger partial charge in [0.15, 0.2) is 0 Å². The van der Waals surface area contributed by atoms with Crippen LogP contribution in [0.25, 0.3) is 0 Å². The second kappa shape index (κ2) is 8.63. The van der Waals surface area contributed by atoms with Crippen LogP contribution in [0.4, 0.5) is 4.39 Å². The summed E-state index contributed by atoms with van der Waals surface area (Å²) in [6, 6.07) is 14.5. The van der Waals surface area contributed by atoms with E-state index in [9.17, 15) is 14.3 Å². The number of nitrogens with zero attached hydrogens (tertiary/aromatic N) is 2. The zero-order valence-electron chi connectivity index (χ0n) is 16.7. The van der Waals surface area contributed by atoms with Crippen molar-refractivity contribution in [2.24, 2.45) is 0 Å². The molecule has 2 N–H and O–H groups in total. The number of piperidine rings is 1. The molecule has 1 saturated heterocycles. The summed E-state index contributed by atoms with van der Waals surface area (Å²) < 4.78 is 13.3. The van der Waals surface area contributed by atoms with Gasteiger partial charge in [0.05, 0.1) is 24.2 Å². The number of aromatic nitrogens is 1. The predicted molar refractivity (Wildman–Crippen MR) is 115 cm³/mol. The van der Waals surface area contributed by atoms with Crippen LogP contribution in [0.15, 0.2) is 66.2 Å². The molecule has 0 spiro atoms. The van der Waals surface area contributed by atoms with E-state index in [1.54, 1.807) is 24.5 Å². The topological polar surface area (TPSA) is 65.5 Å². The Morgan fingerprint density at radius 1 is 1.27 bits per heavy atom. The van der Waals surface area contributed by atoms with E-state index in [-0.39, 0.29) is 11.9 Å². The van der Waals surface area contributed by atoms with Gasteiger partial charge in [0.25, 0.3) is 5.91 Å². The molecule has 1 fully saturated rings. The lowest BCUT2D eigenvalue weighted by molar-refractivity contribution is -0.0665. The van der Waals surface area contributed by atoms with E-state index in [2.05, 4.69) is 15.2 Å². The molecular weight excluding hydrogens is 401 g/mol. The first kappa shape index (κ1) is 20.7. The summed E-state index contributed by atoms with van der Waals surface area (Å²) in [5.41, 5.74) is 0.268. The van der Waals surface area contributed by atoms with Crippen LogP contribution >= 0.6 is 11.3 Å². The number of aliphatic hydroxyl groups is 1. The van der Waals surface area contributed by atoms with Crippen molar-refractivity contribution in [1.82, 2.24) is 15.2 Å². The molecule has 3 atom stereocenters. The molecule has 3 aromatic rings. The molecule has 2 heterocycles. The highest BCUT2D eigenvalue weighted by atomic mass is 32.1. The van der Waals surface area contributed by atoms with Gasteiger partial charge in [-0.15, -0.1) is 11.3 Å². The Bertz CT molecular complexity index is 977. The predicted octanol–water partition coefficient (Wildman–Crippen LogP) is 3.78. The fourth-order valence-electron chi connectivity index (χ4n) is 4.01. The fraction of sp³-hybridized carbons (Fsp3) is 0.304. The molecule has 30 heavy (non-hydrogen) atoms. The summed E-state index contributed by atoms with van der Waals surface area (Å²) in [6.07, 6.45) is 2.29. The van der Waals surface area contributed by atoms with Crippen molar-refractivity contribution < 1.29 is 14.3 Å². The normalized spacial score (nSPS) is 24.5. The number of carbonyl (C=O) groups is 1. The van der Waals surface area contributed by atoms with Crippen LogP contribution < -0.4 is 5.32 Å². The van der Waals surface area contributed by atoms with Crippen LogP contribution in [-0.2, 0) is 6.54 Å². The molecule has 7 heteroatoms. The second-order valence-corrected chi connectivity index (χ2v) is 8.80. The Balaban J connectivity index is 1.67.